The first kappa shape index (κ1) is 15.7. The van der Waals surface area contributed by atoms with Crippen molar-refractivity contribution in [1.82, 2.24) is 10.6 Å². The summed E-state index contributed by atoms with van der Waals surface area (Å²) in [7, 11) is 0. The number of aliphatic carboxylic acids is 1. The molecule has 0 aromatic rings. The standard InChI is InChI=1S/C12H22N2O5/c1-7(2)13-12(18)14-9-4-3-8(5-11(16)17)19-10(9)6-15/h7-10,15H,3-6H2,1-2H3,(H,16,17)(H2,13,14,18)/t8-,9+,10+/m1/s1. The van der Waals surface area contributed by atoms with E-state index in [1.165, 1.54) is 0 Å². The van der Waals surface area contributed by atoms with E-state index in [-0.39, 0.29) is 31.1 Å². The summed E-state index contributed by atoms with van der Waals surface area (Å²) in [6, 6.07) is -0.579. The minimum atomic E-state index is -0.925. The molecule has 19 heavy (non-hydrogen) atoms. The molecule has 110 valence electrons. The van der Waals surface area contributed by atoms with Crippen LogP contribution in [0.3, 0.4) is 0 Å². The molecule has 2 amide bonds. The number of amides is 2. The molecule has 0 bridgehead atoms. The number of urea groups is 1. The van der Waals surface area contributed by atoms with Crippen LogP contribution >= 0.6 is 0 Å². The molecule has 1 saturated heterocycles. The lowest BCUT2D eigenvalue weighted by Gasteiger charge is -2.35. The van der Waals surface area contributed by atoms with Crippen molar-refractivity contribution in [1.29, 1.82) is 0 Å². The Morgan fingerprint density at radius 1 is 1.37 bits per heavy atom. The van der Waals surface area contributed by atoms with Crippen LogP contribution in [-0.2, 0) is 9.53 Å². The van der Waals surface area contributed by atoms with Crippen molar-refractivity contribution in [3.05, 3.63) is 0 Å². The monoisotopic (exact) mass is 274 g/mol. The average Bonchev–Trinajstić information content (AvgIpc) is 2.29. The lowest BCUT2D eigenvalue weighted by molar-refractivity contribution is -0.145. The van der Waals surface area contributed by atoms with Crippen molar-refractivity contribution < 1.29 is 24.5 Å². The van der Waals surface area contributed by atoms with Gasteiger partial charge in [-0.05, 0) is 26.7 Å². The zero-order valence-electron chi connectivity index (χ0n) is 11.3. The largest absolute Gasteiger partial charge is 0.481 e. The zero-order chi connectivity index (χ0) is 14.4. The number of carbonyl (C=O) groups excluding carboxylic acids is 1. The van der Waals surface area contributed by atoms with Crippen LogP contribution in [0.2, 0.25) is 0 Å². The summed E-state index contributed by atoms with van der Waals surface area (Å²) in [6.07, 6.45) is 0.0998. The fraction of sp³-hybridized carbons (Fsp3) is 0.833. The summed E-state index contributed by atoms with van der Waals surface area (Å²) >= 11 is 0. The van der Waals surface area contributed by atoms with Crippen molar-refractivity contribution in [2.45, 2.75) is 57.4 Å². The summed E-state index contributed by atoms with van der Waals surface area (Å²) in [5, 5.41) is 23.4. The number of nitrogens with one attached hydrogen (secondary N) is 2. The summed E-state index contributed by atoms with van der Waals surface area (Å²) in [5.74, 6) is -0.925. The van der Waals surface area contributed by atoms with E-state index < -0.39 is 18.2 Å². The van der Waals surface area contributed by atoms with Crippen LogP contribution in [0.5, 0.6) is 0 Å². The van der Waals surface area contributed by atoms with Gasteiger partial charge in [0.25, 0.3) is 0 Å². The molecule has 0 aromatic heterocycles. The van der Waals surface area contributed by atoms with Gasteiger partial charge in [-0.3, -0.25) is 4.79 Å². The fourth-order valence-electron chi connectivity index (χ4n) is 2.11. The molecule has 1 heterocycles. The van der Waals surface area contributed by atoms with Crippen molar-refractivity contribution in [2.24, 2.45) is 0 Å². The Labute approximate surface area is 112 Å². The zero-order valence-corrected chi connectivity index (χ0v) is 11.3. The number of rotatable bonds is 5. The minimum absolute atomic E-state index is 0.0249. The number of hydrogen-bond donors (Lipinski definition) is 4. The first-order valence-electron chi connectivity index (χ1n) is 6.47. The maximum atomic E-state index is 11.6. The molecular formula is C12H22N2O5. The summed E-state index contributed by atoms with van der Waals surface area (Å²) in [6.45, 7) is 3.45. The van der Waals surface area contributed by atoms with Gasteiger partial charge in [0, 0.05) is 6.04 Å². The maximum absolute atomic E-state index is 11.6. The Kier molecular flexibility index (Phi) is 6.04. The molecule has 1 aliphatic heterocycles. The second kappa shape index (κ2) is 7.30. The molecule has 3 atom stereocenters. The van der Waals surface area contributed by atoms with E-state index in [1.54, 1.807) is 0 Å². The predicted molar refractivity (Wildman–Crippen MR) is 67.8 cm³/mol. The smallest absolute Gasteiger partial charge is 0.315 e. The number of hydrogen-bond acceptors (Lipinski definition) is 4. The van der Waals surface area contributed by atoms with Gasteiger partial charge in [0.2, 0.25) is 0 Å². The second-order valence-electron chi connectivity index (χ2n) is 5.03. The molecule has 7 heteroatoms. The van der Waals surface area contributed by atoms with E-state index in [0.717, 1.165) is 0 Å². The molecule has 1 fully saturated rings. The Morgan fingerprint density at radius 3 is 2.58 bits per heavy atom. The Hall–Kier alpha value is -1.34. The SMILES string of the molecule is CC(C)NC(=O)N[C@H]1CC[C@H](CC(=O)O)O[C@H]1CO. The topological polar surface area (TPSA) is 108 Å². The molecule has 4 N–H and O–H groups in total. The van der Waals surface area contributed by atoms with Crippen LogP contribution < -0.4 is 10.6 Å². The van der Waals surface area contributed by atoms with E-state index in [9.17, 15) is 14.7 Å². The lowest BCUT2D eigenvalue weighted by Crippen LogP contribution is -2.54. The van der Waals surface area contributed by atoms with Gasteiger partial charge < -0.3 is 25.6 Å². The molecule has 0 aliphatic carbocycles. The third kappa shape index (κ3) is 5.44. The van der Waals surface area contributed by atoms with E-state index >= 15 is 0 Å². The van der Waals surface area contributed by atoms with Gasteiger partial charge in [-0.2, -0.15) is 0 Å². The van der Waals surface area contributed by atoms with Gasteiger partial charge in [-0.1, -0.05) is 0 Å². The van der Waals surface area contributed by atoms with Crippen molar-refractivity contribution >= 4 is 12.0 Å². The molecule has 0 spiro atoms. The number of carboxylic acid groups (broad SMARTS) is 1. The minimum Gasteiger partial charge on any atom is -0.481 e. The highest BCUT2D eigenvalue weighted by Crippen LogP contribution is 2.21. The van der Waals surface area contributed by atoms with Crippen molar-refractivity contribution in [2.75, 3.05) is 6.61 Å². The Bertz CT molecular complexity index is 321. The van der Waals surface area contributed by atoms with Gasteiger partial charge in [-0.25, -0.2) is 4.79 Å². The van der Waals surface area contributed by atoms with E-state index in [0.29, 0.717) is 12.8 Å². The highest BCUT2D eigenvalue weighted by Gasteiger charge is 2.32. The summed E-state index contributed by atoms with van der Waals surface area (Å²) < 4.78 is 5.49. The van der Waals surface area contributed by atoms with Gasteiger partial charge in [0.15, 0.2) is 0 Å². The average molecular weight is 274 g/mol. The number of aliphatic hydroxyl groups excluding tert-OH is 1. The number of carboxylic acids is 1. The predicted octanol–water partition coefficient (Wildman–Crippen LogP) is 0.0772. The molecule has 1 aliphatic rings. The number of carbonyl (C=O) groups is 2. The van der Waals surface area contributed by atoms with Crippen LogP contribution in [0.15, 0.2) is 0 Å². The third-order valence-electron chi connectivity index (χ3n) is 2.93. The summed E-state index contributed by atoms with van der Waals surface area (Å²) in [4.78, 5) is 22.2. The van der Waals surface area contributed by atoms with Gasteiger partial charge in [0.1, 0.15) is 6.10 Å². The normalized spacial score (nSPS) is 27.1. The van der Waals surface area contributed by atoms with Crippen LogP contribution in [-0.4, -0.2) is 53.1 Å². The fourth-order valence-corrected chi connectivity index (χ4v) is 2.11. The number of aliphatic hydroxyl groups is 1. The van der Waals surface area contributed by atoms with Crippen LogP contribution in [0, 0.1) is 0 Å². The van der Waals surface area contributed by atoms with Crippen LogP contribution in [0.1, 0.15) is 33.1 Å². The highest BCUT2D eigenvalue weighted by molar-refractivity contribution is 5.74. The van der Waals surface area contributed by atoms with Crippen molar-refractivity contribution in [3.8, 4) is 0 Å². The quantitative estimate of drug-likeness (QED) is 0.568. The second-order valence-corrected chi connectivity index (χ2v) is 5.03. The molecule has 1 rings (SSSR count). The lowest BCUT2D eigenvalue weighted by atomic mass is 9.97. The van der Waals surface area contributed by atoms with Crippen molar-refractivity contribution in [3.63, 3.8) is 0 Å². The molecular weight excluding hydrogens is 252 g/mol. The maximum Gasteiger partial charge on any atom is 0.315 e. The van der Waals surface area contributed by atoms with Crippen LogP contribution in [0.25, 0.3) is 0 Å². The van der Waals surface area contributed by atoms with Crippen LogP contribution in [0.4, 0.5) is 4.79 Å². The molecule has 0 unspecified atom stereocenters. The van der Waals surface area contributed by atoms with Gasteiger partial charge in [0.05, 0.1) is 25.2 Å². The van der Waals surface area contributed by atoms with E-state index in [1.807, 2.05) is 13.8 Å². The highest BCUT2D eigenvalue weighted by atomic mass is 16.5. The first-order valence-corrected chi connectivity index (χ1v) is 6.47. The third-order valence-corrected chi connectivity index (χ3v) is 2.93. The summed E-state index contributed by atoms with van der Waals surface area (Å²) in [5.41, 5.74) is 0. The Balaban J connectivity index is 2.47. The number of ether oxygens (including phenoxy) is 1. The van der Waals surface area contributed by atoms with Gasteiger partial charge >= 0.3 is 12.0 Å². The van der Waals surface area contributed by atoms with E-state index in [4.69, 9.17) is 9.84 Å². The van der Waals surface area contributed by atoms with Gasteiger partial charge in [-0.15, -0.1) is 0 Å². The molecule has 0 aromatic carbocycles. The molecule has 0 saturated carbocycles. The molecule has 7 nitrogen and oxygen atoms in total. The Morgan fingerprint density at radius 2 is 2.05 bits per heavy atom. The van der Waals surface area contributed by atoms with E-state index in [2.05, 4.69) is 10.6 Å². The first-order chi connectivity index (χ1) is 8.92. The molecule has 0 radical (unpaired) electrons.